The lowest BCUT2D eigenvalue weighted by molar-refractivity contribution is -0.142. The van der Waals surface area contributed by atoms with Crippen LogP contribution in [0.3, 0.4) is 0 Å². The van der Waals surface area contributed by atoms with Crippen LogP contribution in [0.2, 0.25) is 0 Å². The molecular weight excluding hydrogens is 352 g/mol. The Morgan fingerprint density at radius 1 is 1.07 bits per heavy atom. The van der Waals surface area contributed by atoms with Gasteiger partial charge < -0.3 is 14.6 Å². The number of ether oxygens (including phenoxy) is 2. The van der Waals surface area contributed by atoms with Gasteiger partial charge in [0.05, 0.1) is 18.6 Å². The van der Waals surface area contributed by atoms with E-state index in [9.17, 15) is 9.90 Å². The van der Waals surface area contributed by atoms with Gasteiger partial charge in [-0.25, -0.2) is 0 Å². The molecule has 2 saturated carbocycles. The molecule has 0 bridgehead atoms. The second-order valence-electron chi connectivity index (χ2n) is 8.26. The molecule has 4 heteroatoms. The third-order valence-electron chi connectivity index (χ3n) is 6.03. The maximum atomic E-state index is 11.5. The van der Waals surface area contributed by atoms with Gasteiger partial charge >= 0.3 is 5.97 Å². The molecular formula is C24H28O4. The number of para-hydroxylation sites is 1. The highest BCUT2D eigenvalue weighted by Gasteiger charge is 2.38. The Balaban J connectivity index is 1.29. The molecule has 2 aliphatic carbocycles. The lowest BCUT2D eigenvalue weighted by Gasteiger charge is -2.35. The van der Waals surface area contributed by atoms with Gasteiger partial charge in [0.1, 0.15) is 11.5 Å². The molecule has 28 heavy (non-hydrogen) atoms. The Morgan fingerprint density at radius 2 is 1.79 bits per heavy atom. The van der Waals surface area contributed by atoms with Crippen molar-refractivity contribution in [2.24, 2.45) is 17.8 Å². The van der Waals surface area contributed by atoms with Gasteiger partial charge in [-0.05, 0) is 73.3 Å². The molecule has 2 aliphatic rings. The first-order valence-electron chi connectivity index (χ1n) is 10.3. The molecule has 0 spiro atoms. The molecule has 0 unspecified atom stereocenters. The van der Waals surface area contributed by atoms with Gasteiger partial charge in [-0.2, -0.15) is 0 Å². The lowest BCUT2D eigenvalue weighted by atomic mass is 9.82. The zero-order valence-electron chi connectivity index (χ0n) is 16.3. The number of hydrogen-bond donors (Lipinski definition) is 1. The van der Waals surface area contributed by atoms with Crippen LogP contribution >= 0.6 is 0 Å². The Morgan fingerprint density at radius 3 is 2.46 bits per heavy atom. The van der Waals surface area contributed by atoms with Gasteiger partial charge in [-0.15, -0.1) is 0 Å². The van der Waals surface area contributed by atoms with Gasteiger partial charge in [-0.3, -0.25) is 4.79 Å². The van der Waals surface area contributed by atoms with Crippen molar-refractivity contribution in [2.45, 2.75) is 44.6 Å². The average molecular weight is 380 g/mol. The fraction of sp³-hybridized carbons (Fsp3) is 0.458. The standard InChI is InChI=1S/C24H28O4/c1-16(24(25)26)23(18-10-11-18)19-6-5-9-21(14-19)27-15-17-12-22(13-17)28-20-7-3-2-4-8-20/h2-9,14,16-18,22-23H,10-13,15H2,1H3,(H,25,26)/t16-,17?,22?,23-/m0/s1. The third kappa shape index (κ3) is 4.49. The average Bonchev–Trinajstić information content (AvgIpc) is 3.49. The van der Waals surface area contributed by atoms with E-state index < -0.39 is 5.97 Å². The summed E-state index contributed by atoms with van der Waals surface area (Å²) in [6.07, 6.45) is 4.54. The van der Waals surface area contributed by atoms with Crippen LogP contribution in [0.5, 0.6) is 11.5 Å². The maximum absolute atomic E-state index is 11.5. The highest BCUT2D eigenvalue weighted by atomic mass is 16.5. The summed E-state index contributed by atoms with van der Waals surface area (Å²) in [5.74, 6) is 1.76. The highest BCUT2D eigenvalue weighted by Crippen LogP contribution is 2.47. The summed E-state index contributed by atoms with van der Waals surface area (Å²) in [5.41, 5.74) is 1.09. The summed E-state index contributed by atoms with van der Waals surface area (Å²) >= 11 is 0. The molecule has 1 N–H and O–H groups in total. The number of aliphatic carboxylic acids is 1. The number of benzene rings is 2. The Kier molecular flexibility index (Phi) is 5.56. The largest absolute Gasteiger partial charge is 0.493 e. The minimum absolute atomic E-state index is 0.0772. The van der Waals surface area contributed by atoms with E-state index in [0.29, 0.717) is 18.4 Å². The molecule has 4 rings (SSSR count). The van der Waals surface area contributed by atoms with Crippen LogP contribution in [-0.2, 0) is 4.79 Å². The number of carbonyl (C=O) groups is 1. The van der Waals surface area contributed by atoms with Gasteiger partial charge in [0.15, 0.2) is 0 Å². The first-order chi connectivity index (χ1) is 13.6. The number of rotatable bonds is 9. The molecule has 0 radical (unpaired) electrons. The van der Waals surface area contributed by atoms with Gasteiger partial charge in [0.2, 0.25) is 0 Å². The number of carboxylic acids is 1. The molecule has 148 valence electrons. The Labute approximate surface area is 166 Å². The van der Waals surface area contributed by atoms with Crippen LogP contribution in [-0.4, -0.2) is 23.8 Å². The van der Waals surface area contributed by atoms with Crippen molar-refractivity contribution in [2.75, 3.05) is 6.61 Å². The normalized spacial score (nSPS) is 23.3. The molecule has 0 aliphatic heterocycles. The van der Waals surface area contributed by atoms with E-state index in [1.807, 2.05) is 61.5 Å². The van der Waals surface area contributed by atoms with Crippen molar-refractivity contribution < 1.29 is 19.4 Å². The number of hydrogen-bond acceptors (Lipinski definition) is 3. The first-order valence-corrected chi connectivity index (χ1v) is 10.3. The van der Waals surface area contributed by atoms with Crippen LogP contribution in [0, 0.1) is 17.8 Å². The predicted octanol–water partition coefficient (Wildman–Crippen LogP) is 5.14. The minimum Gasteiger partial charge on any atom is -0.493 e. The molecule has 0 heterocycles. The minimum atomic E-state index is -0.720. The van der Waals surface area contributed by atoms with Crippen molar-refractivity contribution in [1.82, 2.24) is 0 Å². The van der Waals surface area contributed by atoms with Crippen LogP contribution in [0.15, 0.2) is 54.6 Å². The maximum Gasteiger partial charge on any atom is 0.306 e. The molecule has 4 nitrogen and oxygen atoms in total. The topological polar surface area (TPSA) is 55.8 Å². The summed E-state index contributed by atoms with van der Waals surface area (Å²) in [6, 6.07) is 18.0. The quantitative estimate of drug-likeness (QED) is 0.655. The van der Waals surface area contributed by atoms with Crippen LogP contribution in [0.1, 0.15) is 44.1 Å². The SMILES string of the molecule is C[C@H](C(=O)O)[C@H](c1cccc(OCC2CC(Oc3ccccc3)C2)c1)C1CC1. The van der Waals surface area contributed by atoms with Crippen molar-refractivity contribution >= 4 is 5.97 Å². The summed E-state index contributed by atoms with van der Waals surface area (Å²) in [7, 11) is 0. The van der Waals surface area contributed by atoms with E-state index in [2.05, 4.69) is 0 Å². The Hall–Kier alpha value is -2.49. The first kappa shape index (κ1) is 18.9. The highest BCUT2D eigenvalue weighted by molar-refractivity contribution is 5.71. The fourth-order valence-electron chi connectivity index (χ4n) is 4.20. The summed E-state index contributed by atoms with van der Waals surface area (Å²) < 4.78 is 12.0. The summed E-state index contributed by atoms with van der Waals surface area (Å²) in [6.45, 7) is 2.50. The van der Waals surface area contributed by atoms with E-state index in [-0.39, 0.29) is 17.9 Å². The van der Waals surface area contributed by atoms with Gasteiger partial charge in [-0.1, -0.05) is 37.3 Å². The van der Waals surface area contributed by atoms with Crippen molar-refractivity contribution in [3.05, 3.63) is 60.2 Å². The smallest absolute Gasteiger partial charge is 0.306 e. The molecule has 2 aromatic carbocycles. The number of carboxylic acid groups (broad SMARTS) is 1. The van der Waals surface area contributed by atoms with E-state index in [1.165, 1.54) is 0 Å². The fourth-order valence-corrected chi connectivity index (χ4v) is 4.20. The van der Waals surface area contributed by atoms with Crippen LogP contribution in [0.25, 0.3) is 0 Å². The van der Waals surface area contributed by atoms with Crippen LogP contribution in [0.4, 0.5) is 0 Å². The van der Waals surface area contributed by atoms with Gasteiger partial charge in [0, 0.05) is 0 Å². The predicted molar refractivity (Wildman–Crippen MR) is 108 cm³/mol. The van der Waals surface area contributed by atoms with Gasteiger partial charge in [0.25, 0.3) is 0 Å². The third-order valence-corrected chi connectivity index (χ3v) is 6.03. The zero-order valence-corrected chi connectivity index (χ0v) is 16.3. The monoisotopic (exact) mass is 380 g/mol. The summed E-state index contributed by atoms with van der Waals surface area (Å²) in [5, 5.41) is 9.46. The lowest BCUT2D eigenvalue weighted by Crippen LogP contribution is -2.37. The molecule has 0 aromatic heterocycles. The van der Waals surface area contributed by atoms with E-state index in [4.69, 9.17) is 9.47 Å². The molecule has 2 atom stereocenters. The van der Waals surface area contributed by atoms with E-state index in [0.717, 1.165) is 42.7 Å². The van der Waals surface area contributed by atoms with Crippen molar-refractivity contribution in [3.63, 3.8) is 0 Å². The van der Waals surface area contributed by atoms with Crippen molar-refractivity contribution in [3.8, 4) is 11.5 Å². The molecule has 0 saturated heterocycles. The Bertz CT molecular complexity index is 793. The molecule has 0 amide bonds. The second kappa shape index (κ2) is 8.26. The van der Waals surface area contributed by atoms with Crippen LogP contribution < -0.4 is 9.47 Å². The zero-order chi connectivity index (χ0) is 19.5. The molecule has 2 aromatic rings. The molecule has 2 fully saturated rings. The van der Waals surface area contributed by atoms with E-state index >= 15 is 0 Å². The summed E-state index contributed by atoms with van der Waals surface area (Å²) in [4.78, 5) is 11.5. The van der Waals surface area contributed by atoms with Crippen molar-refractivity contribution in [1.29, 1.82) is 0 Å². The second-order valence-corrected chi connectivity index (χ2v) is 8.26. The van der Waals surface area contributed by atoms with E-state index in [1.54, 1.807) is 0 Å².